The summed E-state index contributed by atoms with van der Waals surface area (Å²) in [6.07, 6.45) is -1.38. The van der Waals surface area contributed by atoms with E-state index in [1.54, 1.807) is 12.1 Å². The third-order valence-corrected chi connectivity index (χ3v) is 2.24. The van der Waals surface area contributed by atoms with E-state index in [-0.39, 0.29) is 13.0 Å². The maximum atomic E-state index is 12.7. The fourth-order valence-corrected chi connectivity index (χ4v) is 1.44. The van der Waals surface area contributed by atoms with E-state index in [9.17, 15) is 9.18 Å². The van der Waals surface area contributed by atoms with Gasteiger partial charge in [-0.15, -0.1) is 0 Å². The quantitative estimate of drug-likeness (QED) is 0.715. The maximum absolute atomic E-state index is 12.7. The monoisotopic (exact) mass is 210 g/mol. The largest absolute Gasteiger partial charge is 0.493 e. The topological polar surface area (TPSA) is 35.5 Å². The van der Waals surface area contributed by atoms with Crippen molar-refractivity contribution >= 4 is 5.97 Å². The van der Waals surface area contributed by atoms with Crippen LogP contribution in [0.25, 0.3) is 0 Å². The lowest BCUT2D eigenvalue weighted by Gasteiger charge is -2.07. The molecule has 2 unspecified atom stereocenters. The van der Waals surface area contributed by atoms with Gasteiger partial charge in [0.05, 0.1) is 5.92 Å². The summed E-state index contributed by atoms with van der Waals surface area (Å²) in [5.41, 5.74) is 0. The van der Waals surface area contributed by atoms with Gasteiger partial charge in [0, 0.05) is 6.42 Å². The summed E-state index contributed by atoms with van der Waals surface area (Å²) in [6.45, 7) is 0.170. The van der Waals surface area contributed by atoms with Gasteiger partial charge in [0.15, 0.2) is 0 Å². The highest BCUT2D eigenvalue weighted by Crippen LogP contribution is 2.23. The zero-order valence-electron chi connectivity index (χ0n) is 8.06. The van der Waals surface area contributed by atoms with Crippen LogP contribution in [-0.4, -0.2) is 18.9 Å². The number of esters is 1. The molecule has 0 saturated carbocycles. The minimum Gasteiger partial charge on any atom is -0.493 e. The predicted molar refractivity (Wildman–Crippen MR) is 51.0 cm³/mol. The van der Waals surface area contributed by atoms with E-state index in [0.29, 0.717) is 5.75 Å². The molecular formula is C11H11FO3. The Morgan fingerprint density at radius 3 is 2.73 bits per heavy atom. The van der Waals surface area contributed by atoms with E-state index < -0.39 is 18.2 Å². The molecule has 1 aliphatic heterocycles. The molecule has 0 N–H and O–H groups in total. The molecule has 1 aromatic rings. The number of benzene rings is 1. The number of hydrogen-bond donors (Lipinski definition) is 0. The van der Waals surface area contributed by atoms with Crippen molar-refractivity contribution in [3.8, 4) is 5.75 Å². The molecule has 2 atom stereocenters. The van der Waals surface area contributed by atoms with Crippen molar-refractivity contribution in [2.24, 2.45) is 5.92 Å². The zero-order valence-corrected chi connectivity index (χ0v) is 8.06. The van der Waals surface area contributed by atoms with E-state index in [2.05, 4.69) is 4.74 Å². The number of hydrogen-bond acceptors (Lipinski definition) is 3. The second kappa shape index (κ2) is 4.29. The van der Waals surface area contributed by atoms with Gasteiger partial charge in [-0.2, -0.15) is 0 Å². The number of carbonyl (C=O) groups excluding carboxylic acids is 1. The van der Waals surface area contributed by atoms with Crippen molar-refractivity contribution < 1.29 is 18.7 Å². The summed E-state index contributed by atoms with van der Waals surface area (Å²) in [4.78, 5) is 11.1. The Hall–Kier alpha value is -1.58. The molecule has 1 saturated heterocycles. The Labute approximate surface area is 86.8 Å². The lowest BCUT2D eigenvalue weighted by Crippen LogP contribution is -2.16. The summed E-state index contributed by atoms with van der Waals surface area (Å²) >= 11 is 0. The van der Waals surface area contributed by atoms with Crippen LogP contribution in [0.15, 0.2) is 30.3 Å². The number of rotatable bonds is 3. The summed E-state index contributed by atoms with van der Waals surface area (Å²) in [5, 5.41) is 0. The fourth-order valence-electron chi connectivity index (χ4n) is 1.44. The number of cyclic esters (lactones) is 1. The average molecular weight is 210 g/mol. The van der Waals surface area contributed by atoms with E-state index in [1.165, 1.54) is 0 Å². The smallest absolute Gasteiger partial charge is 0.315 e. The van der Waals surface area contributed by atoms with E-state index >= 15 is 0 Å². The van der Waals surface area contributed by atoms with Crippen LogP contribution >= 0.6 is 0 Å². The van der Waals surface area contributed by atoms with Crippen molar-refractivity contribution in [2.75, 3.05) is 6.61 Å². The van der Waals surface area contributed by atoms with Crippen molar-refractivity contribution in [3.05, 3.63) is 30.3 Å². The van der Waals surface area contributed by atoms with Crippen LogP contribution in [0.2, 0.25) is 0 Å². The van der Waals surface area contributed by atoms with Gasteiger partial charge in [-0.3, -0.25) is 4.79 Å². The summed E-state index contributed by atoms with van der Waals surface area (Å²) in [6, 6.07) is 9.11. The number of halogens is 1. The van der Waals surface area contributed by atoms with Gasteiger partial charge in [-0.1, -0.05) is 18.2 Å². The predicted octanol–water partition coefficient (Wildman–Crippen LogP) is 1.92. The second-order valence-electron chi connectivity index (χ2n) is 3.40. The third-order valence-electron chi connectivity index (χ3n) is 2.24. The van der Waals surface area contributed by atoms with Gasteiger partial charge in [0.25, 0.3) is 0 Å². The van der Waals surface area contributed by atoms with Gasteiger partial charge in [-0.05, 0) is 12.1 Å². The zero-order chi connectivity index (χ0) is 10.7. The highest BCUT2D eigenvalue weighted by Gasteiger charge is 2.34. The minimum absolute atomic E-state index is 0.0890. The fraction of sp³-hybridized carbons (Fsp3) is 0.364. The Kier molecular flexibility index (Phi) is 2.85. The number of alkyl halides is 1. The first kappa shape index (κ1) is 9.96. The van der Waals surface area contributed by atoms with Gasteiger partial charge in [0.2, 0.25) is 6.36 Å². The standard InChI is InChI=1S/C11H11FO3/c12-10-6-8(11(13)15-10)7-14-9-4-2-1-3-5-9/h1-5,8,10H,6-7H2. The van der Waals surface area contributed by atoms with Crippen LogP contribution in [0.3, 0.4) is 0 Å². The van der Waals surface area contributed by atoms with Crippen LogP contribution in [0.5, 0.6) is 5.75 Å². The molecule has 80 valence electrons. The first-order valence-electron chi connectivity index (χ1n) is 4.78. The second-order valence-corrected chi connectivity index (χ2v) is 3.40. The first-order valence-corrected chi connectivity index (χ1v) is 4.78. The molecule has 1 fully saturated rings. The van der Waals surface area contributed by atoms with E-state index in [0.717, 1.165) is 0 Å². The van der Waals surface area contributed by atoms with E-state index in [1.807, 2.05) is 18.2 Å². The first-order chi connectivity index (χ1) is 7.25. The van der Waals surface area contributed by atoms with Crippen LogP contribution in [0.4, 0.5) is 4.39 Å². The Morgan fingerprint density at radius 1 is 1.40 bits per heavy atom. The Balaban J connectivity index is 1.86. The molecule has 2 rings (SSSR count). The highest BCUT2D eigenvalue weighted by atomic mass is 19.1. The summed E-state index contributed by atoms with van der Waals surface area (Å²) < 4.78 is 22.4. The van der Waals surface area contributed by atoms with Gasteiger partial charge < -0.3 is 9.47 Å². The molecule has 0 spiro atoms. The molecule has 0 aromatic heterocycles. The molecular weight excluding hydrogens is 199 g/mol. The molecule has 15 heavy (non-hydrogen) atoms. The van der Waals surface area contributed by atoms with Crippen molar-refractivity contribution in [1.82, 2.24) is 0 Å². The van der Waals surface area contributed by atoms with E-state index in [4.69, 9.17) is 4.74 Å². The van der Waals surface area contributed by atoms with Crippen LogP contribution < -0.4 is 4.74 Å². The van der Waals surface area contributed by atoms with Gasteiger partial charge in [-0.25, -0.2) is 4.39 Å². The van der Waals surface area contributed by atoms with Crippen LogP contribution in [0.1, 0.15) is 6.42 Å². The molecule has 1 aromatic carbocycles. The van der Waals surface area contributed by atoms with Crippen LogP contribution in [0, 0.1) is 5.92 Å². The molecule has 0 radical (unpaired) electrons. The number of carbonyl (C=O) groups is 1. The van der Waals surface area contributed by atoms with Gasteiger partial charge in [0.1, 0.15) is 12.4 Å². The summed E-state index contributed by atoms with van der Waals surface area (Å²) in [5.74, 6) is -0.328. The Bertz CT molecular complexity index is 339. The molecule has 1 heterocycles. The SMILES string of the molecule is O=C1OC(F)CC1COc1ccccc1. The van der Waals surface area contributed by atoms with Crippen molar-refractivity contribution in [2.45, 2.75) is 12.8 Å². The lowest BCUT2D eigenvalue weighted by atomic mass is 10.1. The van der Waals surface area contributed by atoms with Crippen molar-refractivity contribution in [3.63, 3.8) is 0 Å². The molecule has 0 amide bonds. The molecule has 4 heteroatoms. The number of para-hydroxylation sites is 1. The lowest BCUT2D eigenvalue weighted by molar-refractivity contribution is -0.149. The minimum atomic E-state index is -1.47. The molecule has 1 aliphatic rings. The normalized spacial score (nSPS) is 25.0. The molecule has 0 aliphatic carbocycles. The molecule has 3 nitrogen and oxygen atoms in total. The summed E-state index contributed by atoms with van der Waals surface area (Å²) in [7, 11) is 0. The maximum Gasteiger partial charge on any atom is 0.315 e. The Morgan fingerprint density at radius 2 is 2.13 bits per heavy atom. The third kappa shape index (κ3) is 2.46. The highest BCUT2D eigenvalue weighted by molar-refractivity contribution is 5.74. The average Bonchev–Trinajstić information content (AvgIpc) is 2.56. The molecule has 0 bridgehead atoms. The number of ether oxygens (including phenoxy) is 2. The van der Waals surface area contributed by atoms with Crippen LogP contribution in [-0.2, 0) is 9.53 Å². The van der Waals surface area contributed by atoms with Crippen molar-refractivity contribution in [1.29, 1.82) is 0 Å². The van der Waals surface area contributed by atoms with Gasteiger partial charge >= 0.3 is 5.97 Å².